The molecule has 0 bridgehead atoms. The molecule has 7 nitrogen and oxygen atoms in total. The molecule has 0 fully saturated rings. The Morgan fingerprint density at radius 3 is 2.42 bits per heavy atom. The second kappa shape index (κ2) is 11.1. The molecular formula is C28H32ClN5O2. The number of nitrogens with zero attached hydrogens (tertiary/aromatic N) is 4. The summed E-state index contributed by atoms with van der Waals surface area (Å²) in [4.78, 5) is 29.4. The minimum Gasteiger partial charge on any atom is -0.330 e. The SMILES string of the molecule is Cc1cc2cc([C@@H](C(C)C)N(CCCN)C(=O)c3ccc(Cl)cc3)n(Cc3ccccc3)c(=O)n2n1. The molecule has 0 unspecified atom stereocenters. The minimum absolute atomic E-state index is 0.0203. The van der Waals surface area contributed by atoms with Gasteiger partial charge < -0.3 is 10.6 Å². The zero-order valence-corrected chi connectivity index (χ0v) is 21.7. The van der Waals surface area contributed by atoms with Crippen LogP contribution in [0.2, 0.25) is 5.02 Å². The van der Waals surface area contributed by atoms with E-state index in [0.29, 0.717) is 42.2 Å². The molecule has 8 heteroatoms. The smallest absolute Gasteiger partial charge is 0.330 e. The van der Waals surface area contributed by atoms with Crippen LogP contribution in [0.4, 0.5) is 0 Å². The Morgan fingerprint density at radius 2 is 1.78 bits per heavy atom. The van der Waals surface area contributed by atoms with Crippen LogP contribution >= 0.6 is 11.6 Å². The van der Waals surface area contributed by atoms with E-state index in [1.807, 2.05) is 54.3 Å². The third-order valence-electron chi connectivity index (χ3n) is 6.29. The molecule has 2 aromatic carbocycles. The van der Waals surface area contributed by atoms with Gasteiger partial charge in [-0.15, -0.1) is 0 Å². The van der Waals surface area contributed by atoms with Crippen molar-refractivity contribution in [1.82, 2.24) is 19.1 Å². The standard InChI is InChI=1S/C28H32ClN5O2/c1-19(2)26(32(15-7-14-30)27(35)22-10-12-23(29)13-11-22)25-17-24-16-20(3)31-34(24)28(36)33(25)18-21-8-5-4-6-9-21/h4-6,8-13,16-17,19,26H,7,14-15,18,30H2,1-3H3/t26-/m1/s1. The number of halogens is 1. The Kier molecular flexibility index (Phi) is 7.91. The first-order valence-electron chi connectivity index (χ1n) is 12.2. The van der Waals surface area contributed by atoms with E-state index in [-0.39, 0.29) is 23.6 Å². The molecule has 0 aliphatic carbocycles. The van der Waals surface area contributed by atoms with Crippen LogP contribution in [0, 0.1) is 12.8 Å². The highest BCUT2D eigenvalue weighted by Crippen LogP contribution is 2.31. The van der Waals surface area contributed by atoms with Crippen LogP contribution in [0.25, 0.3) is 5.52 Å². The van der Waals surface area contributed by atoms with Gasteiger partial charge >= 0.3 is 5.69 Å². The normalized spacial score (nSPS) is 12.3. The summed E-state index contributed by atoms with van der Waals surface area (Å²) in [6.07, 6.45) is 0.638. The second-order valence-electron chi connectivity index (χ2n) is 9.38. The maximum Gasteiger partial charge on any atom is 0.349 e. The Hall–Kier alpha value is -3.42. The fraction of sp³-hybridized carbons (Fsp3) is 0.321. The Bertz CT molecular complexity index is 1390. The summed E-state index contributed by atoms with van der Waals surface area (Å²) in [5.41, 5.74) is 9.40. The molecule has 2 aromatic heterocycles. The lowest BCUT2D eigenvalue weighted by Gasteiger charge is -2.36. The van der Waals surface area contributed by atoms with Crippen LogP contribution in [0.15, 0.2) is 71.5 Å². The Balaban J connectivity index is 1.90. The highest BCUT2D eigenvalue weighted by Gasteiger charge is 2.31. The highest BCUT2D eigenvalue weighted by molar-refractivity contribution is 6.30. The Labute approximate surface area is 216 Å². The summed E-state index contributed by atoms with van der Waals surface area (Å²) in [7, 11) is 0. The lowest BCUT2D eigenvalue weighted by atomic mass is 9.96. The van der Waals surface area contributed by atoms with Crippen molar-refractivity contribution in [2.45, 2.75) is 39.8 Å². The summed E-state index contributed by atoms with van der Waals surface area (Å²) < 4.78 is 3.18. The first-order chi connectivity index (χ1) is 17.3. The monoisotopic (exact) mass is 505 g/mol. The topological polar surface area (TPSA) is 85.6 Å². The van der Waals surface area contributed by atoms with Crippen LogP contribution in [-0.2, 0) is 6.54 Å². The number of carbonyl (C=O) groups excluding carboxylic acids is 1. The van der Waals surface area contributed by atoms with E-state index < -0.39 is 0 Å². The molecule has 0 saturated heterocycles. The van der Waals surface area contributed by atoms with Gasteiger partial charge in [-0.3, -0.25) is 9.36 Å². The van der Waals surface area contributed by atoms with Crippen molar-refractivity contribution < 1.29 is 4.79 Å². The van der Waals surface area contributed by atoms with Crippen LogP contribution in [0.3, 0.4) is 0 Å². The van der Waals surface area contributed by atoms with Gasteiger partial charge in [-0.05, 0) is 67.8 Å². The highest BCUT2D eigenvalue weighted by atomic mass is 35.5. The molecule has 36 heavy (non-hydrogen) atoms. The van der Waals surface area contributed by atoms with Crippen molar-refractivity contribution in [1.29, 1.82) is 0 Å². The zero-order valence-electron chi connectivity index (χ0n) is 20.9. The number of aryl methyl sites for hydroxylation is 1. The lowest BCUT2D eigenvalue weighted by Crippen LogP contribution is -2.42. The zero-order chi connectivity index (χ0) is 25.8. The molecular weight excluding hydrogens is 474 g/mol. The van der Waals surface area contributed by atoms with E-state index in [0.717, 1.165) is 17.0 Å². The summed E-state index contributed by atoms with van der Waals surface area (Å²) in [5.74, 6) is -0.103. The van der Waals surface area contributed by atoms with E-state index in [1.165, 1.54) is 4.52 Å². The summed E-state index contributed by atoms with van der Waals surface area (Å²) in [6.45, 7) is 7.28. The average Bonchev–Trinajstić information content (AvgIpc) is 3.24. The van der Waals surface area contributed by atoms with Crippen molar-refractivity contribution >= 4 is 23.0 Å². The molecule has 0 radical (unpaired) electrons. The summed E-state index contributed by atoms with van der Waals surface area (Å²) in [5, 5.41) is 4.99. The molecule has 0 aliphatic heterocycles. The van der Waals surface area contributed by atoms with Crippen LogP contribution in [0.5, 0.6) is 0 Å². The predicted molar refractivity (Wildman–Crippen MR) is 143 cm³/mol. The number of aromatic nitrogens is 3. The number of hydrogen-bond acceptors (Lipinski definition) is 4. The molecule has 1 amide bonds. The van der Waals surface area contributed by atoms with E-state index in [4.69, 9.17) is 17.3 Å². The lowest BCUT2D eigenvalue weighted by molar-refractivity contribution is 0.0609. The van der Waals surface area contributed by atoms with E-state index in [1.54, 1.807) is 28.8 Å². The third kappa shape index (κ3) is 5.37. The van der Waals surface area contributed by atoms with Gasteiger partial charge in [0.2, 0.25) is 0 Å². The Morgan fingerprint density at radius 1 is 1.08 bits per heavy atom. The van der Waals surface area contributed by atoms with Gasteiger partial charge in [0.05, 0.1) is 23.8 Å². The summed E-state index contributed by atoms with van der Waals surface area (Å²) >= 11 is 6.07. The van der Waals surface area contributed by atoms with Gasteiger partial charge in [-0.2, -0.15) is 9.61 Å². The maximum absolute atomic E-state index is 13.8. The van der Waals surface area contributed by atoms with E-state index >= 15 is 0 Å². The number of rotatable bonds is 9. The van der Waals surface area contributed by atoms with Gasteiger partial charge in [0, 0.05) is 22.8 Å². The van der Waals surface area contributed by atoms with Crippen molar-refractivity contribution in [3.05, 3.63) is 105 Å². The van der Waals surface area contributed by atoms with E-state index in [9.17, 15) is 9.59 Å². The molecule has 2 N–H and O–H groups in total. The fourth-order valence-electron chi connectivity index (χ4n) is 4.65. The van der Waals surface area contributed by atoms with Crippen molar-refractivity contribution in [3.8, 4) is 0 Å². The second-order valence-corrected chi connectivity index (χ2v) is 9.82. The number of hydrogen-bond donors (Lipinski definition) is 1. The largest absolute Gasteiger partial charge is 0.349 e. The molecule has 0 spiro atoms. The van der Waals surface area contributed by atoms with Crippen LogP contribution < -0.4 is 11.4 Å². The molecule has 4 rings (SSSR count). The van der Waals surface area contributed by atoms with Gasteiger partial charge in [0.15, 0.2) is 0 Å². The molecule has 2 heterocycles. The predicted octanol–water partition coefficient (Wildman–Crippen LogP) is 4.69. The number of benzene rings is 2. The number of carbonyl (C=O) groups is 1. The van der Waals surface area contributed by atoms with Gasteiger partial charge in [-0.25, -0.2) is 4.79 Å². The molecule has 4 aromatic rings. The van der Waals surface area contributed by atoms with Gasteiger partial charge in [0.1, 0.15) is 0 Å². The number of fused-ring (bicyclic) bond motifs is 1. The van der Waals surface area contributed by atoms with Crippen LogP contribution in [-0.4, -0.2) is 38.1 Å². The van der Waals surface area contributed by atoms with E-state index in [2.05, 4.69) is 18.9 Å². The van der Waals surface area contributed by atoms with Gasteiger partial charge in [0.25, 0.3) is 5.91 Å². The quantitative estimate of drug-likeness (QED) is 0.357. The summed E-state index contributed by atoms with van der Waals surface area (Å²) in [6, 6.07) is 20.2. The molecule has 0 saturated carbocycles. The van der Waals surface area contributed by atoms with Crippen molar-refractivity contribution in [3.63, 3.8) is 0 Å². The number of amides is 1. The average molecular weight is 506 g/mol. The van der Waals surface area contributed by atoms with Crippen molar-refractivity contribution in [2.24, 2.45) is 11.7 Å². The fourth-order valence-corrected chi connectivity index (χ4v) is 4.77. The molecule has 0 aliphatic rings. The molecule has 1 atom stereocenters. The third-order valence-corrected chi connectivity index (χ3v) is 6.54. The minimum atomic E-state index is -0.364. The number of nitrogens with two attached hydrogens (primary N) is 1. The first-order valence-corrected chi connectivity index (χ1v) is 12.6. The van der Waals surface area contributed by atoms with Crippen LogP contribution in [0.1, 0.15) is 53.6 Å². The van der Waals surface area contributed by atoms with Crippen molar-refractivity contribution in [2.75, 3.05) is 13.1 Å². The van der Waals surface area contributed by atoms with Gasteiger partial charge in [-0.1, -0.05) is 55.8 Å². The maximum atomic E-state index is 13.8. The first kappa shape index (κ1) is 25.7. The molecule has 188 valence electrons.